The number of pyridine rings is 1. The van der Waals surface area contributed by atoms with E-state index in [0.29, 0.717) is 28.8 Å². The smallest absolute Gasteiger partial charge is 0.221 e. The van der Waals surface area contributed by atoms with Crippen molar-refractivity contribution in [2.24, 2.45) is 7.05 Å². The van der Waals surface area contributed by atoms with Gasteiger partial charge in [-0.2, -0.15) is 0 Å². The first-order valence-corrected chi connectivity index (χ1v) is 7.54. The molecule has 0 fully saturated rings. The van der Waals surface area contributed by atoms with Crippen LogP contribution in [0.25, 0.3) is 0 Å². The lowest BCUT2D eigenvalue weighted by molar-refractivity contribution is 0.0794. The van der Waals surface area contributed by atoms with Gasteiger partial charge in [-0.05, 0) is 19.9 Å². The Labute approximate surface area is 137 Å². The summed E-state index contributed by atoms with van der Waals surface area (Å²) >= 11 is 0. The third-order valence-electron chi connectivity index (χ3n) is 3.72. The maximum Gasteiger partial charge on any atom is 0.221 e. The second kappa shape index (κ2) is 5.45. The molecule has 0 aliphatic heterocycles. The predicted molar refractivity (Wildman–Crippen MR) is 92.5 cm³/mol. The van der Waals surface area contributed by atoms with Crippen molar-refractivity contribution in [1.82, 2.24) is 9.55 Å². The molecular formula is C17H26N4O2. The zero-order valence-electron chi connectivity index (χ0n) is 14.6. The van der Waals surface area contributed by atoms with Gasteiger partial charge in [0.05, 0.1) is 17.0 Å². The second-order valence-corrected chi connectivity index (χ2v) is 7.34. The Balaban J connectivity index is 2.41. The number of nitrogens with zero attached hydrogens (tertiary/aromatic N) is 2. The maximum atomic E-state index is 10.2. The number of hydrogen-bond acceptors (Lipinski definition) is 5. The number of anilines is 2. The fraction of sp³-hybridized carbons (Fsp3) is 0.471. The van der Waals surface area contributed by atoms with Crippen molar-refractivity contribution >= 4 is 11.5 Å². The fourth-order valence-corrected chi connectivity index (χ4v) is 2.40. The van der Waals surface area contributed by atoms with Crippen molar-refractivity contribution in [3.63, 3.8) is 0 Å². The minimum Gasteiger partial charge on any atom is -0.422 e. The van der Waals surface area contributed by atoms with E-state index in [1.54, 1.807) is 43.7 Å². The van der Waals surface area contributed by atoms with Crippen LogP contribution >= 0.6 is 0 Å². The topological polar surface area (TPSA) is 99.3 Å². The summed E-state index contributed by atoms with van der Waals surface area (Å²) in [6, 6.07) is 5.23. The van der Waals surface area contributed by atoms with Crippen molar-refractivity contribution in [3.05, 3.63) is 29.5 Å². The lowest BCUT2D eigenvalue weighted by Crippen LogP contribution is -2.17. The number of ether oxygens (including phenoxy) is 1. The summed E-state index contributed by atoms with van der Waals surface area (Å²) in [7, 11) is 1.78. The molecule has 5 N–H and O–H groups in total. The molecule has 0 atom stereocenters. The Bertz CT molecular complexity index is 721. The molecule has 0 bridgehead atoms. The molecule has 0 aliphatic carbocycles. The van der Waals surface area contributed by atoms with Gasteiger partial charge in [0.1, 0.15) is 5.82 Å². The van der Waals surface area contributed by atoms with E-state index >= 15 is 0 Å². The third-order valence-corrected chi connectivity index (χ3v) is 3.72. The molecular weight excluding hydrogens is 292 g/mol. The Morgan fingerprint density at radius 2 is 1.74 bits per heavy atom. The SMILES string of the molecule is Cn1c(Oc2ccc(N)c(C(C)(C)C)n2)cc(C(C)(C)O)c1N. The summed E-state index contributed by atoms with van der Waals surface area (Å²) in [5.41, 5.74) is 12.8. The lowest BCUT2D eigenvalue weighted by atomic mass is 9.90. The molecule has 2 heterocycles. The minimum atomic E-state index is -1.05. The van der Waals surface area contributed by atoms with Gasteiger partial charge in [-0.1, -0.05) is 20.8 Å². The molecule has 0 amide bonds. The van der Waals surface area contributed by atoms with E-state index in [2.05, 4.69) is 4.98 Å². The highest BCUT2D eigenvalue weighted by Gasteiger charge is 2.25. The number of nitrogen functional groups attached to an aromatic ring is 2. The van der Waals surface area contributed by atoms with Crippen LogP contribution in [0.1, 0.15) is 45.9 Å². The average Bonchev–Trinajstić information content (AvgIpc) is 2.68. The standard InChI is InChI=1S/C17H26N4O2/c1-16(2,3)14-11(18)7-8-12(20-14)23-13-9-10(17(4,5)22)15(19)21(13)6/h7-9,22H,18-19H2,1-6H3. The summed E-state index contributed by atoms with van der Waals surface area (Å²) in [4.78, 5) is 4.52. The van der Waals surface area contributed by atoms with E-state index in [0.717, 1.165) is 5.69 Å². The highest BCUT2D eigenvalue weighted by Crippen LogP contribution is 2.35. The van der Waals surface area contributed by atoms with Crippen molar-refractivity contribution in [2.75, 3.05) is 11.5 Å². The first kappa shape index (κ1) is 17.1. The molecule has 2 aromatic rings. The van der Waals surface area contributed by atoms with Crippen molar-refractivity contribution < 1.29 is 9.84 Å². The molecule has 0 radical (unpaired) electrons. The van der Waals surface area contributed by atoms with Crippen LogP contribution in [0.5, 0.6) is 11.8 Å². The molecule has 6 nitrogen and oxygen atoms in total. The van der Waals surface area contributed by atoms with Gasteiger partial charge in [-0.25, -0.2) is 4.98 Å². The van der Waals surface area contributed by atoms with Gasteiger partial charge in [0.25, 0.3) is 0 Å². The molecule has 6 heteroatoms. The van der Waals surface area contributed by atoms with E-state index in [1.807, 2.05) is 20.8 Å². The monoisotopic (exact) mass is 318 g/mol. The van der Waals surface area contributed by atoms with E-state index < -0.39 is 5.60 Å². The highest BCUT2D eigenvalue weighted by atomic mass is 16.5. The lowest BCUT2D eigenvalue weighted by Gasteiger charge is -2.20. The van der Waals surface area contributed by atoms with Crippen molar-refractivity contribution in [1.29, 1.82) is 0 Å². The zero-order valence-corrected chi connectivity index (χ0v) is 14.6. The normalized spacial score (nSPS) is 12.5. The minimum absolute atomic E-state index is 0.186. The Kier molecular flexibility index (Phi) is 4.07. The molecule has 0 aliphatic rings. The Morgan fingerprint density at radius 1 is 1.13 bits per heavy atom. The summed E-state index contributed by atoms with van der Waals surface area (Å²) in [6.45, 7) is 9.50. The molecule has 0 saturated carbocycles. The van der Waals surface area contributed by atoms with Crippen molar-refractivity contribution in [2.45, 2.75) is 45.6 Å². The summed E-state index contributed by atoms with van der Waals surface area (Å²) in [6.07, 6.45) is 0. The number of aliphatic hydroxyl groups is 1. The Morgan fingerprint density at radius 3 is 2.22 bits per heavy atom. The first-order chi connectivity index (χ1) is 10.4. The molecule has 23 heavy (non-hydrogen) atoms. The maximum absolute atomic E-state index is 10.2. The molecule has 0 unspecified atom stereocenters. The predicted octanol–water partition coefficient (Wildman–Crippen LogP) is 2.90. The second-order valence-electron chi connectivity index (χ2n) is 7.34. The molecule has 0 spiro atoms. The highest BCUT2D eigenvalue weighted by molar-refractivity contribution is 5.51. The largest absolute Gasteiger partial charge is 0.422 e. The van der Waals surface area contributed by atoms with Crippen LogP contribution in [0, 0.1) is 0 Å². The van der Waals surface area contributed by atoms with Crippen molar-refractivity contribution in [3.8, 4) is 11.8 Å². The van der Waals surface area contributed by atoms with E-state index in [-0.39, 0.29) is 5.41 Å². The van der Waals surface area contributed by atoms with Gasteiger partial charge in [-0.15, -0.1) is 0 Å². The van der Waals surface area contributed by atoms with Crippen LogP contribution in [-0.4, -0.2) is 14.7 Å². The molecule has 0 aromatic carbocycles. The van der Waals surface area contributed by atoms with Gasteiger partial charge < -0.3 is 25.9 Å². The van der Waals surface area contributed by atoms with Gasteiger partial charge in [0.2, 0.25) is 11.8 Å². The van der Waals surface area contributed by atoms with E-state index in [1.165, 1.54) is 0 Å². The first-order valence-electron chi connectivity index (χ1n) is 7.54. The number of hydrogen-bond donors (Lipinski definition) is 3. The summed E-state index contributed by atoms with van der Waals surface area (Å²) < 4.78 is 7.54. The third kappa shape index (κ3) is 3.42. The Hall–Kier alpha value is -2.21. The molecule has 2 aromatic heterocycles. The van der Waals surface area contributed by atoms with Crippen LogP contribution < -0.4 is 16.2 Å². The van der Waals surface area contributed by atoms with Gasteiger partial charge in [0, 0.05) is 30.2 Å². The summed E-state index contributed by atoms with van der Waals surface area (Å²) in [5.74, 6) is 1.41. The molecule has 126 valence electrons. The van der Waals surface area contributed by atoms with Crippen LogP contribution in [0.3, 0.4) is 0 Å². The molecule has 2 rings (SSSR count). The number of rotatable bonds is 3. The number of aromatic nitrogens is 2. The van der Waals surface area contributed by atoms with E-state index in [4.69, 9.17) is 16.2 Å². The van der Waals surface area contributed by atoms with Crippen LogP contribution in [-0.2, 0) is 18.1 Å². The number of nitrogens with two attached hydrogens (primary N) is 2. The van der Waals surface area contributed by atoms with Gasteiger partial charge >= 0.3 is 0 Å². The van der Waals surface area contributed by atoms with Crippen LogP contribution in [0.2, 0.25) is 0 Å². The molecule has 0 saturated heterocycles. The van der Waals surface area contributed by atoms with Gasteiger partial charge in [0.15, 0.2) is 0 Å². The average molecular weight is 318 g/mol. The quantitative estimate of drug-likeness (QED) is 0.808. The van der Waals surface area contributed by atoms with E-state index in [9.17, 15) is 5.11 Å². The zero-order chi connectivity index (χ0) is 17.6. The van der Waals surface area contributed by atoms with Crippen LogP contribution in [0.4, 0.5) is 11.5 Å². The summed E-state index contributed by atoms with van der Waals surface area (Å²) in [5, 5.41) is 10.2. The van der Waals surface area contributed by atoms with Gasteiger partial charge in [-0.3, -0.25) is 0 Å². The fourth-order valence-electron chi connectivity index (χ4n) is 2.40. The van der Waals surface area contributed by atoms with Crippen LogP contribution in [0.15, 0.2) is 18.2 Å².